The minimum Gasteiger partial charge on any atom is -0.357 e. The normalized spacial score (nSPS) is 22.4. The molecule has 3 rings (SSSR count). The number of amides is 1. The molecule has 2 unspecified atom stereocenters. The molecule has 1 aliphatic heterocycles. The molecule has 6 nitrogen and oxygen atoms in total. The summed E-state index contributed by atoms with van der Waals surface area (Å²) in [7, 11) is 1.88. The summed E-state index contributed by atoms with van der Waals surface area (Å²) in [5.41, 5.74) is 1.37. The van der Waals surface area contributed by atoms with Gasteiger partial charge in [0.05, 0.1) is 6.54 Å². The number of hydrogen-bond donors (Lipinski definition) is 3. The van der Waals surface area contributed by atoms with E-state index < -0.39 is 0 Å². The zero-order valence-corrected chi connectivity index (χ0v) is 20.9. The van der Waals surface area contributed by atoms with E-state index in [1.165, 1.54) is 18.4 Å². The first kappa shape index (κ1) is 24.9. The molecular weight excluding hydrogens is 489 g/mol. The number of aliphatic imine (C=N–C) groups is 1. The fourth-order valence-electron chi connectivity index (χ4n) is 4.56. The van der Waals surface area contributed by atoms with Crippen LogP contribution in [0.2, 0.25) is 0 Å². The Morgan fingerprint density at radius 1 is 1.27 bits per heavy atom. The number of halogens is 1. The maximum absolute atomic E-state index is 11.8. The molecule has 168 valence electrons. The summed E-state index contributed by atoms with van der Waals surface area (Å²) in [4.78, 5) is 18.5. The molecule has 1 saturated heterocycles. The van der Waals surface area contributed by atoms with Crippen molar-refractivity contribution in [3.8, 4) is 0 Å². The Labute approximate surface area is 198 Å². The van der Waals surface area contributed by atoms with E-state index in [1.54, 1.807) is 0 Å². The number of piperidine rings is 1. The number of rotatable bonds is 7. The van der Waals surface area contributed by atoms with E-state index in [2.05, 4.69) is 60.1 Å². The van der Waals surface area contributed by atoms with Crippen LogP contribution in [-0.2, 0) is 4.79 Å². The highest BCUT2D eigenvalue weighted by atomic mass is 127. The first-order valence-corrected chi connectivity index (χ1v) is 11.1. The standard InChI is InChI=1S/C23H37N5O.HI/c1-4-24-22(26-20-12-13-21(29)28(3)16-20)25-17-23(14-8-9-15-23)27-18(2)19-10-6-5-7-11-19;/h5-7,10-11,18,20,27H,4,8-9,12-17H2,1-3H3,(H2,24,25,26);1H. The van der Waals surface area contributed by atoms with Crippen molar-refractivity contribution in [3.63, 3.8) is 0 Å². The lowest BCUT2D eigenvalue weighted by Crippen LogP contribution is -2.52. The van der Waals surface area contributed by atoms with Crippen LogP contribution in [0.25, 0.3) is 0 Å². The first-order chi connectivity index (χ1) is 14.0. The van der Waals surface area contributed by atoms with Gasteiger partial charge < -0.3 is 20.9 Å². The second-order valence-electron chi connectivity index (χ2n) is 8.61. The minimum atomic E-state index is 0. The van der Waals surface area contributed by atoms with Crippen molar-refractivity contribution < 1.29 is 4.79 Å². The van der Waals surface area contributed by atoms with E-state index in [9.17, 15) is 4.79 Å². The van der Waals surface area contributed by atoms with E-state index in [-0.39, 0.29) is 41.5 Å². The Balaban J connectivity index is 0.00000320. The third-order valence-corrected chi connectivity index (χ3v) is 6.23. The highest BCUT2D eigenvalue weighted by Crippen LogP contribution is 2.32. The van der Waals surface area contributed by atoms with Gasteiger partial charge in [0.25, 0.3) is 0 Å². The number of carbonyl (C=O) groups excluding carboxylic acids is 1. The number of nitrogens with zero attached hydrogens (tertiary/aromatic N) is 2. The summed E-state index contributed by atoms with van der Waals surface area (Å²) in [6.45, 7) is 6.67. The van der Waals surface area contributed by atoms with Crippen LogP contribution in [0.4, 0.5) is 0 Å². The predicted octanol–water partition coefficient (Wildman–Crippen LogP) is 3.44. The maximum atomic E-state index is 11.8. The van der Waals surface area contributed by atoms with Crippen molar-refractivity contribution in [1.82, 2.24) is 20.9 Å². The van der Waals surface area contributed by atoms with Gasteiger partial charge in [-0.05, 0) is 38.7 Å². The molecule has 1 aliphatic carbocycles. The average Bonchev–Trinajstić information content (AvgIpc) is 3.18. The van der Waals surface area contributed by atoms with Gasteiger partial charge in [0.2, 0.25) is 5.91 Å². The van der Waals surface area contributed by atoms with Gasteiger partial charge in [-0.2, -0.15) is 0 Å². The van der Waals surface area contributed by atoms with Crippen LogP contribution in [0, 0.1) is 0 Å². The molecule has 0 spiro atoms. The first-order valence-electron chi connectivity index (χ1n) is 11.1. The molecule has 1 saturated carbocycles. The highest BCUT2D eigenvalue weighted by molar-refractivity contribution is 14.0. The molecule has 2 fully saturated rings. The third-order valence-electron chi connectivity index (χ3n) is 6.23. The van der Waals surface area contributed by atoms with E-state index >= 15 is 0 Å². The summed E-state index contributed by atoms with van der Waals surface area (Å²) >= 11 is 0. The van der Waals surface area contributed by atoms with Gasteiger partial charge in [-0.25, -0.2) is 0 Å². The molecule has 0 bridgehead atoms. The molecule has 7 heteroatoms. The van der Waals surface area contributed by atoms with Crippen LogP contribution in [0.15, 0.2) is 35.3 Å². The summed E-state index contributed by atoms with van der Waals surface area (Å²) in [6.07, 6.45) is 6.30. The number of guanidine groups is 1. The van der Waals surface area contributed by atoms with Crippen LogP contribution >= 0.6 is 24.0 Å². The van der Waals surface area contributed by atoms with Gasteiger partial charge in [0.15, 0.2) is 5.96 Å². The van der Waals surface area contributed by atoms with Crippen molar-refractivity contribution >= 4 is 35.8 Å². The monoisotopic (exact) mass is 527 g/mol. The molecule has 1 aromatic carbocycles. The summed E-state index contributed by atoms with van der Waals surface area (Å²) in [6, 6.07) is 11.2. The second-order valence-corrected chi connectivity index (χ2v) is 8.61. The molecule has 0 radical (unpaired) electrons. The third kappa shape index (κ3) is 6.83. The Morgan fingerprint density at radius 2 is 1.97 bits per heavy atom. The van der Waals surface area contributed by atoms with Gasteiger partial charge in [-0.3, -0.25) is 9.79 Å². The SMILES string of the molecule is CCNC(=NCC1(NC(C)c2ccccc2)CCCC1)NC1CCC(=O)N(C)C1.I. The van der Waals surface area contributed by atoms with Gasteiger partial charge in [-0.1, -0.05) is 43.2 Å². The Bertz CT molecular complexity index is 690. The molecule has 0 aromatic heterocycles. The molecule has 3 N–H and O–H groups in total. The zero-order chi connectivity index (χ0) is 20.7. The van der Waals surface area contributed by atoms with Crippen LogP contribution in [0.5, 0.6) is 0 Å². The van der Waals surface area contributed by atoms with Crippen LogP contribution in [0.1, 0.15) is 64.0 Å². The topological polar surface area (TPSA) is 68.8 Å². The fourth-order valence-corrected chi connectivity index (χ4v) is 4.56. The molecule has 1 heterocycles. The van der Waals surface area contributed by atoms with Crippen LogP contribution < -0.4 is 16.0 Å². The van der Waals surface area contributed by atoms with Gasteiger partial charge in [0.1, 0.15) is 0 Å². The fraction of sp³-hybridized carbons (Fsp3) is 0.652. The molecule has 1 amide bonds. The Morgan fingerprint density at radius 3 is 2.60 bits per heavy atom. The molecular formula is C23H38IN5O. The van der Waals surface area contributed by atoms with Crippen molar-refractivity contribution in [3.05, 3.63) is 35.9 Å². The van der Waals surface area contributed by atoms with E-state index in [4.69, 9.17) is 4.99 Å². The van der Waals surface area contributed by atoms with Crippen LogP contribution in [-0.4, -0.2) is 55.0 Å². The lowest BCUT2D eigenvalue weighted by atomic mass is 9.95. The predicted molar refractivity (Wildman–Crippen MR) is 134 cm³/mol. The van der Waals surface area contributed by atoms with Gasteiger partial charge in [-0.15, -0.1) is 24.0 Å². The number of likely N-dealkylation sites (tertiary alicyclic amines) is 1. The molecule has 2 aliphatic rings. The van der Waals surface area contributed by atoms with Crippen LogP contribution in [0.3, 0.4) is 0 Å². The minimum absolute atomic E-state index is 0. The smallest absolute Gasteiger partial charge is 0.222 e. The highest BCUT2D eigenvalue weighted by Gasteiger charge is 2.35. The number of benzene rings is 1. The number of hydrogen-bond acceptors (Lipinski definition) is 3. The number of carbonyl (C=O) groups is 1. The lowest BCUT2D eigenvalue weighted by molar-refractivity contribution is -0.132. The largest absolute Gasteiger partial charge is 0.357 e. The number of nitrogens with one attached hydrogen (secondary N) is 3. The summed E-state index contributed by atoms with van der Waals surface area (Å²) in [5, 5.41) is 10.8. The lowest BCUT2D eigenvalue weighted by Gasteiger charge is -2.34. The molecule has 30 heavy (non-hydrogen) atoms. The Kier molecular flexibility index (Phi) is 9.87. The summed E-state index contributed by atoms with van der Waals surface area (Å²) in [5.74, 6) is 1.09. The van der Waals surface area contributed by atoms with E-state index in [1.807, 2.05) is 11.9 Å². The Hall–Kier alpha value is -1.35. The molecule has 2 atom stereocenters. The average molecular weight is 527 g/mol. The van der Waals surface area contributed by atoms with Crippen molar-refractivity contribution in [2.45, 2.75) is 70.0 Å². The summed E-state index contributed by atoms with van der Waals surface area (Å²) < 4.78 is 0. The maximum Gasteiger partial charge on any atom is 0.222 e. The van der Waals surface area contributed by atoms with E-state index in [0.29, 0.717) is 12.5 Å². The van der Waals surface area contributed by atoms with Crippen molar-refractivity contribution in [2.24, 2.45) is 4.99 Å². The second kappa shape index (κ2) is 11.9. The van der Waals surface area contributed by atoms with E-state index in [0.717, 1.165) is 44.9 Å². The van der Waals surface area contributed by atoms with Gasteiger partial charge in [0, 0.05) is 44.2 Å². The quantitative estimate of drug-likeness (QED) is 0.289. The van der Waals surface area contributed by atoms with Gasteiger partial charge >= 0.3 is 0 Å². The van der Waals surface area contributed by atoms with Crippen molar-refractivity contribution in [2.75, 3.05) is 26.7 Å². The van der Waals surface area contributed by atoms with Crippen molar-refractivity contribution in [1.29, 1.82) is 0 Å². The zero-order valence-electron chi connectivity index (χ0n) is 18.6. The number of likely N-dealkylation sites (N-methyl/N-ethyl adjacent to an activating group) is 1. The molecule has 1 aromatic rings.